The fourth-order valence-corrected chi connectivity index (χ4v) is 4.40. The van der Waals surface area contributed by atoms with E-state index in [1.54, 1.807) is 0 Å². The van der Waals surface area contributed by atoms with Crippen LogP contribution in [0.1, 0.15) is 42.0 Å². The number of hydrogen-bond donors (Lipinski definition) is 2. The van der Waals surface area contributed by atoms with Gasteiger partial charge in [0.05, 0.1) is 19.2 Å². The highest BCUT2D eigenvalue weighted by Gasteiger charge is 2.35. The Morgan fingerprint density at radius 3 is 2.62 bits per heavy atom. The number of halogens is 1. The van der Waals surface area contributed by atoms with Gasteiger partial charge in [0.1, 0.15) is 5.75 Å². The number of hydrogen-bond acceptors (Lipinski definition) is 3. The molecule has 0 radical (unpaired) electrons. The number of benzene rings is 2. The van der Waals surface area contributed by atoms with Crippen LogP contribution in [0.5, 0.6) is 5.75 Å². The Morgan fingerprint density at radius 2 is 1.83 bits per heavy atom. The first-order chi connectivity index (χ1) is 13.7. The molecule has 2 aliphatic heterocycles. The molecule has 0 bridgehead atoms. The molecule has 1 unspecified atom stereocenters. The largest absolute Gasteiger partial charge is 0.493 e. The Bertz CT molecular complexity index is 850. The molecule has 4 rings (SSSR count). The lowest BCUT2D eigenvalue weighted by molar-refractivity contribution is 0.0529. The summed E-state index contributed by atoms with van der Waals surface area (Å²) in [6.07, 6.45) is 2.81. The number of nitrogens with one attached hydrogen (secondary N) is 1. The highest BCUT2D eigenvalue weighted by Crippen LogP contribution is 2.37. The SMILES string of the molecule is Cc1ccccc1C1(CN=C(N)NC2CCOc3ccccc32)CCOCC1.I. The van der Waals surface area contributed by atoms with Gasteiger partial charge < -0.3 is 20.5 Å². The fraction of sp³-hybridized carbons (Fsp3) is 0.435. The molecule has 1 atom stereocenters. The Kier molecular flexibility index (Phi) is 7.40. The number of ether oxygens (including phenoxy) is 2. The van der Waals surface area contributed by atoms with Crippen LogP contribution in [-0.2, 0) is 10.2 Å². The van der Waals surface area contributed by atoms with Crippen molar-refractivity contribution in [1.82, 2.24) is 5.32 Å². The zero-order chi connectivity index (χ0) is 19.4. The van der Waals surface area contributed by atoms with Gasteiger partial charge >= 0.3 is 0 Å². The second-order valence-electron chi connectivity index (χ2n) is 7.78. The third kappa shape index (κ3) is 4.86. The van der Waals surface area contributed by atoms with E-state index in [2.05, 4.69) is 42.6 Å². The molecule has 156 valence electrons. The topological polar surface area (TPSA) is 68.9 Å². The van der Waals surface area contributed by atoms with Crippen LogP contribution in [-0.4, -0.2) is 32.3 Å². The van der Waals surface area contributed by atoms with E-state index in [9.17, 15) is 0 Å². The van der Waals surface area contributed by atoms with Crippen LogP contribution < -0.4 is 15.8 Å². The van der Waals surface area contributed by atoms with E-state index in [1.165, 1.54) is 11.1 Å². The highest BCUT2D eigenvalue weighted by atomic mass is 127. The van der Waals surface area contributed by atoms with Crippen LogP contribution in [0.2, 0.25) is 0 Å². The van der Waals surface area contributed by atoms with E-state index in [0.29, 0.717) is 19.1 Å². The van der Waals surface area contributed by atoms with Gasteiger partial charge in [0, 0.05) is 30.6 Å². The summed E-state index contributed by atoms with van der Waals surface area (Å²) in [4.78, 5) is 4.79. The Labute approximate surface area is 190 Å². The average molecular weight is 507 g/mol. The molecular formula is C23H30IN3O2. The maximum absolute atomic E-state index is 6.32. The molecule has 29 heavy (non-hydrogen) atoms. The first-order valence-electron chi connectivity index (χ1n) is 10.1. The van der Waals surface area contributed by atoms with Crippen molar-refractivity contribution in [3.05, 3.63) is 65.2 Å². The van der Waals surface area contributed by atoms with Gasteiger partial charge in [-0.1, -0.05) is 42.5 Å². The number of nitrogens with two attached hydrogens (primary N) is 1. The van der Waals surface area contributed by atoms with Crippen molar-refractivity contribution in [2.45, 2.75) is 37.6 Å². The number of fused-ring (bicyclic) bond motifs is 1. The van der Waals surface area contributed by atoms with Crippen molar-refractivity contribution in [2.75, 3.05) is 26.4 Å². The lowest BCUT2D eigenvalue weighted by Crippen LogP contribution is -2.41. The third-order valence-electron chi connectivity index (χ3n) is 6.00. The highest BCUT2D eigenvalue weighted by molar-refractivity contribution is 14.0. The minimum Gasteiger partial charge on any atom is -0.493 e. The molecule has 0 aliphatic carbocycles. The van der Waals surface area contributed by atoms with Crippen molar-refractivity contribution in [1.29, 1.82) is 0 Å². The van der Waals surface area contributed by atoms with Crippen LogP contribution in [0.25, 0.3) is 0 Å². The molecule has 0 saturated carbocycles. The summed E-state index contributed by atoms with van der Waals surface area (Å²) in [6, 6.07) is 16.9. The summed E-state index contributed by atoms with van der Waals surface area (Å²) < 4.78 is 11.4. The monoisotopic (exact) mass is 507 g/mol. The molecule has 2 aromatic rings. The van der Waals surface area contributed by atoms with Crippen molar-refractivity contribution >= 4 is 29.9 Å². The van der Waals surface area contributed by atoms with Gasteiger partial charge in [0.15, 0.2) is 5.96 Å². The first-order valence-corrected chi connectivity index (χ1v) is 10.1. The van der Waals surface area contributed by atoms with E-state index >= 15 is 0 Å². The van der Waals surface area contributed by atoms with Crippen LogP contribution in [0.15, 0.2) is 53.5 Å². The minimum atomic E-state index is -0.0104. The molecule has 0 aromatic heterocycles. The zero-order valence-corrected chi connectivity index (χ0v) is 19.2. The summed E-state index contributed by atoms with van der Waals surface area (Å²) in [7, 11) is 0. The molecule has 5 nitrogen and oxygen atoms in total. The van der Waals surface area contributed by atoms with Crippen LogP contribution in [0.4, 0.5) is 0 Å². The minimum absolute atomic E-state index is 0. The van der Waals surface area contributed by atoms with Crippen molar-refractivity contribution in [3.63, 3.8) is 0 Å². The summed E-state index contributed by atoms with van der Waals surface area (Å²) >= 11 is 0. The second-order valence-corrected chi connectivity index (χ2v) is 7.78. The third-order valence-corrected chi connectivity index (χ3v) is 6.00. The van der Waals surface area contributed by atoms with Crippen LogP contribution in [0, 0.1) is 6.92 Å². The summed E-state index contributed by atoms with van der Waals surface area (Å²) in [6.45, 7) is 5.07. The lowest BCUT2D eigenvalue weighted by atomic mass is 9.72. The normalized spacial score (nSPS) is 20.7. The summed E-state index contributed by atoms with van der Waals surface area (Å²) in [5, 5.41) is 3.41. The molecule has 2 aliphatic rings. The maximum atomic E-state index is 6.32. The van der Waals surface area contributed by atoms with Crippen molar-refractivity contribution in [2.24, 2.45) is 10.7 Å². The van der Waals surface area contributed by atoms with Crippen molar-refractivity contribution < 1.29 is 9.47 Å². The first kappa shape index (κ1) is 21.9. The molecule has 0 spiro atoms. The average Bonchev–Trinajstić information content (AvgIpc) is 2.74. The molecular weight excluding hydrogens is 477 g/mol. The predicted octanol–water partition coefficient (Wildman–Crippen LogP) is 4.09. The molecule has 1 saturated heterocycles. The number of rotatable bonds is 4. The quantitative estimate of drug-likeness (QED) is 0.372. The van der Waals surface area contributed by atoms with Gasteiger partial charge in [-0.15, -0.1) is 24.0 Å². The van der Waals surface area contributed by atoms with E-state index in [1.807, 2.05) is 18.2 Å². The Hall–Kier alpha value is -1.80. The number of aliphatic imine (C=N–C) groups is 1. The molecule has 0 amide bonds. The number of para-hydroxylation sites is 1. The van der Waals surface area contributed by atoms with E-state index < -0.39 is 0 Å². The van der Waals surface area contributed by atoms with Crippen LogP contribution >= 0.6 is 24.0 Å². The number of nitrogens with zero attached hydrogens (tertiary/aromatic N) is 1. The summed E-state index contributed by atoms with van der Waals surface area (Å²) in [5.41, 5.74) is 10.1. The van der Waals surface area contributed by atoms with Gasteiger partial charge in [-0.2, -0.15) is 0 Å². The number of aryl methyl sites for hydroxylation is 1. The standard InChI is InChI=1S/C23H29N3O2.HI/c1-17-6-2-4-8-19(17)23(11-14-27-15-12-23)16-25-22(24)26-20-10-13-28-21-9-5-3-7-18(20)21;/h2-9,20H,10-16H2,1H3,(H3,24,25,26);1H. The molecule has 3 N–H and O–H groups in total. The zero-order valence-electron chi connectivity index (χ0n) is 16.9. The molecule has 6 heteroatoms. The van der Waals surface area contributed by atoms with Gasteiger partial charge in [-0.3, -0.25) is 4.99 Å². The summed E-state index contributed by atoms with van der Waals surface area (Å²) in [5.74, 6) is 1.43. The fourth-order valence-electron chi connectivity index (χ4n) is 4.40. The van der Waals surface area contributed by atoms with E-state index in [-0.39, 0.29) is 35.4 Å². The smallest absolute Gasteiger partial charge is 0.189 e. The molecule has 2 aromatic carbocycles. The van der Waals surface area contributed by atoms with Crippen molar-refractivity contribution in [3.8, 4) is 5.75 Å². The van der Waals surface area contributed by atoms with Gasteiger partial charge in [0.2, 0.25) is 0 Å². The molecule has 2 heterocycles. The van der Waals surface area contributed by atoms with Gasteiger partial charge in [0.25, 0.3) is 0 Å². The van der Waals surface area contributed by atoms with E-state index in [0.717, 1.165) is 43.8 Å². The predicted molar refractivity (Wildman–Crippen MR) is 127 cm³/mol. The van der Waals surface area contributed by atoms with E-state index in [4.69, 9.17) is 20.2 Å². The van der Waals surface area contributed by atoms with Gasteiger partial charge in [-0.05, 0) is 37.0 Å². The Balaban J connectivity index is 0.00000240. The van der Waals surface area contributed by atoms with Crippen LogP contribution in [0.3, 0.4) is 0 Å². The van der Waals surface area contributed by atoms with Gasteiger partial charge in [-0.25, -0.2) is 0 Å². The maximum Gasteiger partial charge on any atom is 0.189 e. The molecule has 1 fully saturated rings. The lowest BCUT2D eigenvalue weighted by Gasteiger charge is -2.37. The Morgan fingerprint density at radius 1 is 1.10 bits per heavy atom. The second kappa shape index (κ2) is 9.80. The number of guanidine groups is 1.